The van der Waals surface area contributed by atoms with Gasteiger partial charge in [0.25, 0.3) is 0 Å². The number of rotatable bonds is 31. The summed E-state index contributed by atoms with van der Waals surface area (Å²) < 4.78 is 44.6. The summed E-state index contributed by atoms with van der Waals surface area (Å²) in [4.78, 5) is 11.8. The summed E-state index contributed by atoms with van der Waals surface area (Å²) in [5, 5.41) is 29.0. The molecule has 0 unspecified atom stereocenters. The van der Waals surface area contributed by atoms with Gasteiger partial charge >= 0.3 is 35.5 Å². The largest absolute Gasteiger partial charge is 1.00 e. The topological polar surface area (TPSA) is 163 Å². The average Bonchev–Trinajstić information content (AvgIpc) is 3.37. The Morgan fingerprint density at radius 1 is 0.708 bits per heavy atom. The van der Waals surface area contributed by atoms with Gasteiger partial charge in [-0.3, -0.25) is 8.98 Å². The number of carbonyl (C=O) groups is 1. The first-order valence-corrected chi connectivity index (χ1v) is 20.4. The van der Waals surface area contributed by atoms with E-state index in [4.69, 9.17) is 9.47 Å². The molecule has 1 saturated heterocycles. The van der Waals surface area contributed by atoms with Crippen molar-refractivity contribution in [2.75, 3.05) is 19.8 Å². The Morgan fingerprint density at radius 3 is 1.44 bits per heavy atom. The van der Waals surface area contributed by atoms with Gasteiger partial charge in [0, 0.05) is 6.42 Å². The Bertz CT molecular complexity index is 802. The van der Waals surface area contributed by atoms with E-state index in [9.17, 15) is 33.1 Å². The van der Waals surface area contributed by atoms with Crippen LogP contribution in [0.4, 0.5) is 0 Å². The van der Waals surface area contributed by atoms with Crippen LogP contribution in [0.25, 0.3) is 0 Å². The molecule has 282 valence electrons. The van der Waals surface area contributed by atoms with Crippen molar-refractivity contribution in [3.63, 3.8) is 0 Å². The quantitative estimate of drug-likeness (QED) is 0.0302. The predicted octanol–water partition coefficient (Wildman–Crippen LogP) is 4.66. The van der Waals surface area contributed by atoms with Gasteiger partial charge < -0.3 is 29.3 Å². The maximum atomic E-state index is 11.8. The Kier molecular flexibility index (Phi) is 37.3. The molecular formula is C36H71NaO10S. The molecule has 0 saturated carbocycles. The van der Waals surface area contributed by atoms with Crippen molar-refractivity contribution in [2.45, 2.75) is 205 Å². The number of aliphatic hydroxyl groups excluding tert-OH is 3. The monoisotopic (exact) mass is 718 g/mol. The molecule has 1 heterocycles. The number of hydrogen-bond acceptors (Lipinski definition) is 10. The van der Waals surface area contributed by atoms with E-state index in [1.807, 2.05) is 0 Å². The predicted molar refractivity (Wildman–Crippen MR) is 186 cm³/mol. The first-order valence-electron chi connectivity index (χ1n) is 19.0. The summed E-state index contributed by atoms with van der Waals surface area (Å²) in [5.74, 6) is -0.336. The van der Waals surface area contributed by atoms with Crippen LogP contribution >= 0.6 is 0 Å². The summed E-state index contributed by atoms with van der Waals surface area (Å²) in [7, 11) is -4.48. The first kappa shape index (κ1) is 50.3. The van der Waals surface area contributed by atoms with Crippen LogP contribution in [-0.2, 0) is 28.9 Å². The Hall–Kier alpha value is 0.180. The number of unbranched alkanes of at least 4 members (excludes halogenated alkanes) is 23. The fourth-order valence-electron chi connectivity index (χ4n) is 5.70. The van der Waals surface area contributed by atoms with E-state index >= 15 is 0 Å². The first-order chi connectivity index (χ1) is 22.6. The van der Waals surface area contributed by atoms with Crippen molar-refractivity contribution in [3.05, 3.63) is 0 Å². The molecule has 0 aliphatic carbocycles. The van der Waals surface area contributed by atoms with Gasteiger partial charge in [0.05, 0.1) is 13.2 Å². The van der Waals surface area contributed by atoms with Crippen molar-refractivity contribution in [3.8, 4) is 0 Å². The Balaban J connectivity index is 0. The molecule has 0 spiro atoms. The van der Waals surface area contributed by atoms with Crippen molar-refractivity contribution in [1.29, 1.82) is 0 Å². The van der Waals surface area contributed by atoms with Crippen LogP contribution in [0.2, 0.25) is 0 Å². The molecule has 3 N–H and O–H groups in total. The zero-order valence-corrected chi connectivity index (χ0v) is 33.7. The van der Waals surface area contributed by atoms with Crippen LogP contribution in [0.1, 0.15) is 181 Å². The molecule has 0 radical (unpaired) electrons. The summed E-state index contributed by atoms with van der Waals surface area (Å²) in [6.45, 7) is 4.27. The molecule has 0 amide bonds. The normalized spacial score (nSPS) is 18.2. The SMILES string of the molecule is CCCCCCCCCCCCCCCCCC(=O)OC[C@@H](O)[C@H]1OC[C@H](O)[C@H]1O.CCCCCCCCCCCCOS(=O)(=O)[O-].[Na+]. The van der Waals surface area contributed by atoms with Crippen LogP contribution in [0.3, 0.4) is 0 Å². The van der Waals surface area contributed by atoms with Crippen molar-refractivity contribution >= 4 is 16.4 Å². The van der Waals surface area contributed by atoms with E-state index in [0.29, 0.717) is 12.8 Å². The molecule has 1 aliphatic rings. The van der Waals surface area contributed by atoms with Gasteiger partial charge in [0.2, 0.25) is 10.4 Å². The van der Waals surface area contributed by atoms with E-state index in [-0.39, 0.29) is 55.3 Å². The van der Waals surface area contributed by atoms with E-state index in [1.54, 1.807) is 0 Å². The van der Waals surface area contributed by atoms with E-state index < -0.39 is 34.8 Å². The second kappa shape index (κ2) is 35.6. The second-order valence-corrected chi connectivity index (χ2v) is 14.3. The number of aliphatic hydroxyl groups is 3. The fourth-order valence-corrected chi connectivity index (χ4v) is 6.02. The minimum absolute atomic E-state index is 0. The third-order valence-corrected chi connectivity index (χ3v) is 9.15. The molecule has 10 nitrogen and oxygen atoms in total. The smallest absolute Gasteiger partial charge is 0.726 e. The van der Waals surface area contributed by atoms with Crippen LogP contribution in [0, 0.1) is 0 Å². The molecule has 48 heavy (non-hydrogen) atoms. The van der Waals surface area contributed by atoms with Crippen LogP contribution < -0.4 is 29.6 Å². The molecule has 1 aliphatic heterocycles. The zero-order chi connectivity index (χ0) is 35.0. The van der Waals surface area contributed by atoms with Gasteiger partial charge in [-0.15, -0.1) is 0 Å². The van der Waals surface area contributed by atoms with Crippen LogP contribution in [0.5, 0.6) is 0 Å². The maximum absolute atomic E-state index is 11.8. The van der Waals surface area contributed by atoms with E-state index in [2.05, 4.69) is 18.0 Å². The zero-order valence-electron chi connectivity index (χ0n) is 30.9. The standard InChI is InChI=1S/C24H46O6.C12H26O4S.Na/c1-2-3-4-5-6-7-8-9-10-11-12-13-14-15-16-17-22(27)29-19-21(26)24-23(28)20(25)18-30-24;1-2-3-4-5-6-7-8-9-10-11-12-16-17(13,14)15;/h20-21,23-26,28H,2-19H2,1H3;2-12H2,1H3,(H,13,14,15);/q;;+1/p-1/t20-,21+,23+,24+;;/m0../s1. The van der Waals surface area contributed by atoms with Gasteiger partial charge in [-0.25, -0.2) is 8.42 Å². The maximum Gasteiger partial charge on any atom is 1.00 e. The Morgan fingerprint density at radius 2 is 1.08 bits per heavy atom. The van der Waals surface area contributed by atoms with Crippen molar-refractivity contribution < 1.29 is 76.3 Å². The molecule has 1 fully saturated rings. The molecular weight excluding hydrogens is 647 g/mol. The van der Waals surface area contributed by atoms with Gasteiger partial charge in [0.15, 0.2) is 0 Å². The minimum Gasteiger partial charge on any atom is -0.726 e. The summed E-state index contributed by atoms with van der Waals surface area (Å²) in [6, 6.07) is 0. The van der Waals surface area contributed by atoms with Crippen molar-refractivity contribution in [2.24, 2.45) is 0 Å². The summed E-state index contributed by atoms with van der Waals surface area (Å²) in [5.41, 5.74) is 0. The molecule has 1 rings (SSSR count). The molecule has 0 bridgehead atoms. The van der Waals surface area contributed by atoms with Crippen LogP contribution in [0.15, 0.2) is 0 Å². The van der Waals surface area contributed by atoms with Crippen molar-refractivity contribution in [1.82, 2.24) is 0 Å². The van der Waals surface area contributed by atoms with E-state index in [0.717, 1.165) is 32.1 Å². The Labute approximate surface area is 316 Å². The molecule has 12 heteroatoms. The van der Waals surface area contributed by atoms with Gasteiger partial charge in [-0.05, 0) is 12.8 Å². The number of ether oxygens (including phenoxy) is 2. The summed E-state index contributed by atoms with van der Waals surface area (Å²) in [6.07, 6.45) is 27.1. The molecule has 4 atom stereocenters. The van der Waals surface area contributed by atoms with Gasteiger partial charge in [0.1, 0.15) is 31.0 Å². The number of hydrogen-bond donors (Lipinski definition) is 3. The van der Waals surface area contributed by atoms with Crippen LogP contribution in [-0.4, -0.2) is 78.5 Å². The van der Waals surface area contributed by atoms with E-state index in [1.165, 1.54) is 122 Å². The third kappa shape index (κ3) is 33.3. The molecule has 0 aromatic rings. The fraction of sp³-hybridized carbons (Fsp3) is 0.972. The summed E-state index contributed by atoms with van der Waals surface area (Å²) >= 11 is 0. The number of carbonyl (C=O) groups excluding carboxylic acids is 1. The number of esters is 1. The van der Waals surface area contributed by atoms with Gasteiger partial charge in [-0.1, -0.05) is 162 Å². The van der Waals surface area contributed by atoms with Gasteiger partial charge in [-0.2, -0.15) is 0 Å². The third-order valence-electron chi connectivity index (χ3n) is 8.69. The molecule has 0 aromatic carbocycles. The average molecular weight is 719 g/mol. The second-order valence-electron chi connectivity index (χ2n) is 13.2. The molecule has 0 aromatic heterocycles. The minimum atomic E-state index is -4.48.